The van der Waals surface area contributed by atoms with Crippen LogP contribution in [0.1, 0.15) is 19.4 Å². The number of rotatable bonds is 5. The average Bonchev–Trinajstić information content (AvgIpc) is 3.42. The fourth-order valence-electron chi connectivity index (χ4n) is 3.98. The van der Waals surface area contributed by atoms with Gasteiger partial charge in [-0.05, 0) is 40.4 Å². The molecule has 4 aromatic heterocycles. The van der Waals surface area contributed by atoms with Gasteiger partial charge in [0.25, 0.3) is 5.56 Å². The van der Waals surface area contributed by atoms with Crippen molar-refractivity contribution in [2.45, 2.75) is 26.9 Å². The standard InChI is InChI=1S/C22H21ClN6O2S/c1-12(2)9-28-19-17(21(30)25-22(28)31)18(20-24-6-7-27(20)3)29(26-19)10-13-11-32-16-5-4-14(23)8-15(13)16/h4-8,11-12H,9-10H2,1-3H3,(H,25,30,31). The van der Waals surface area contributed by atoms with E-state index in [1.807, 2.05) is 49.9 Å². The number of imidazole rings is 1. The number of aryl methyl sites for hydroxylation is 1. The molecule has 0 unspecified atom stereocenters. The van der Waals surface area contributed by atoms with Gasteiger partial charge in [-0.2, -0.15) is 5.10 Å². The van der Waals surface area contributed by atoms with Crippen LogP contribution >= 0.6 is 22.9 Å². The molecule has 0 radical (unpaired) electrons. The van der Waals surface area contributed by atoms with E-state index >= 15 is 0 Å². The van der Waals surface area contributed by atoms with Gasteiger partial charge in [-0.25, -0.2) is 9.78 Å². The zero-order valence-corrected chi connectivity index (χ0v) is 19.4. The number of hydrogen-bond acceptors (Lipinski definition) is 5. The molecule has 1 N–H and O–H groups in total. The lowest BCUT2D eigenvalue weighted by Gasteiger charge is -2.08. The molecule has 1 aromatic carbocycles. The number of benzene rings is 1. The highest BCUT2D eigenvalue weighted by molar-refractivity contribution is 7.17. The quantitative estimate of drug-likeness (QED) is 0.424. The second-order valence-electron chi connectivity index (χ2n) is 8.23. The van der Waals surface area contributed by atoms with Gasteiger partial charge in [0, 0.05) is 35.7 Å². The molecule has 4 heterocycles. The molecule has 8 nitrogen and oxygen atoms in total. The van der Waals surface area contributed by atoms with E-state index in [4.69, 9.17) is 16.7 Å². The van der Waals surface area contributed by atoms with Crippen LogP contribution in [0.15, 0.2) is 45.6 Å². The van der Waals surface area contributed by atoms with Crippen LogP contribution in [-0.4, -0.2) is 28.9 Å². The van der Waals surface area contributed by atoms with Crippen LogP contribution in [-0.2, 0) is 20.1 Å². The summed E-state index contributed by atoms with van der Waals surface area (Å²) in [7, 11) is 1.86. The number of fused-ring (bicyclic) bond motifs is 2. The highest BCUT2D eigenvalue weighted by Gasteiger charge is 2.24. The summed E-state index contributed by atoms with van der Waals surface area (Å²) in [6, 6.07) is 5.81. The van der Waals surface area contributed by atoms with Crippen molar-refractivity contribution in [2.75, 3.05) is 0 Å². The third-order valence-electron chi connectivity index (χ3n) is 5.40. The van der Waals surface area contributed by atoms with Gasteiger partial charge >= 0.3 is 5.69 Å². The van der Waals surface area contributed by atoms with Crippen LogP contribution < -0.4 is 11.2 Å². The number of halogens is 1. The molecule has 0 spiro atoms. The van der Waals surface area contributed by atoms with Gasteiger partial charge in [-0.15, -0.1) is 11.3 Å². The van der Waals surface area contributed by atoms with E-state index in [-0.39, 0.29) is 5.92 Å². The third-order valence-corrected chi connectivity index (χ3v) is 6.65. The largest absolute Gasteiger partial charge is 0.333 e. The summed E-state index contributed by atoms with van der Waals surface area (Å²) >= 11 is 7.87. The maximum absolute atomic E-state index is 13.0. The lowest BCUT2D eigenvalue weighted by atomic mass is 10.1. The maximum atomic E-state index is 13.0. The van der Waals surface area contributed by atoms with E-state index < -0.39 is 11.2 Å². The Hall–Kier alpha value is -3.17. The molecule has 0 saturated heterocycles. The first kappa shape index (κ1) is 20.7. The summed E-state index contributed by atoms with van der Waals surface area (Å²) in [4.78, 5) is 32.5. The van der Waals surface area contributed by atoms with Crippen LogP contribution in [0.5, 0.6) is 0 Å². The third kappa shape index (κ3) is 3.37. The number of thiophene rings is 1. The van der Waals surface area contributed by atoms with Gasteiger partial charge in [0.05, 0.1) is 6.54 Å². The molecular weight excluding hydrogens is 448 g/mol. The number of aromatic nitrogens is 6. The first-order valence-corrected chi connectivity index (χ1v) is 11.5. The number of aromatic amines is 1. The van der Waals surface area contributed by atoms with E-state index in [2.05, 4.69) is 15.3 Å². The zero-order chi connectivity index (χ0) is 22.6. The Kier molecular flexibility index (Phi) is 5.02. The molecule has 0 bridgehead atoms. The summed E-state index contributed by atoms with van der Waals surface area (Å²) in [5.74, 6) is 0.803. The number of hydrogen-bond donors (Lipinski definition) is 1. The van der Waals surface area contributed by atoms with Gasteiger partial charge in [0.1, 0.15) is 11.1 Å². The molecule has 0 aliphatic heterocycles. The Bertz CT molecular complexity index is 1590. The molecule has 10 heteroatoms. The Morgan fingerprint density at radius 2 is 2.06 bits per heavy atom. The van der Waals surface area contributed by atoms with Crippen LogP contribution in [0, 0.1) is 5.92 Å². The molecule has 5 aromatic rings. The van der Waals surface area contributed by atoms with E-state index in [0.717, 1.165) is 15.6 Å². The SMILES string of the molecule is CC(C)Cn1c(=O)[nH]c(=O)c2c(-c3nccn3C)n(Cc3csc4ccc(Cl)cc34)nc21. The molecule has 0 amide bonds. The van der Waals surface area contributed by atoms with E-state index in [9.17, 15) is 9.59 Å². The second-order valence-corrected chi connectivity index (χ2v) is 9.58. The normalized spacial score (nSPS) is 11.9. The highest BCUT2D eigenvalue weighted by Crippen LogP contribution is 2.31. The van der Waals surface area contributed by atoms with Gasteiger partial charge < -0.3 is 4.57 Å². The second kappa shape index (κ2) is 7.75. The topological polar surface area (TPSA) is 90.5 Å². The van der Waals surface area contributed by atoms with Gasteiger partial charge in [-0.1, -0.05) is 25.4 Å². The van der Waals surface area contributed by atoms with Crippen LogP contribution in [0.4, 0.5) is 0 Å². The zero-order valence-electron chi connectivity index (χ0n) is 17.8. The summed E-state index contributed by atoms with van der Waals surface area (Å²) in [5.41, 5.74) is 1.05. The highest BCUT2D eigenvalue weighted by atomic mass is 35.5. The number of nitrogens with zero attached hydrogens (tertiary/aromatic N) is 5. The lowest BCUT2D eigenvalue weighted by Crippen LogP contribution is -2.31. The average molecular weight is 469 g/mol. The van der Waals surface area contributed by atoms with E-state index in [0.29, 0.717) is 40.7 Å². The van der Waals surface area contributed by atoms with Gasteiger partial charge in [0.15, 0.2) is 11.5 Å². The summed E-state index contributed by atoms with van der Waals surface area (Å²) in [6.45, 7) is 4.88. The molecular formula is C22H21ClN6O2S. The van der Waals surface area contributed by atoms with Crippen LogP contribution in [0.2, 0.25) is 5.02 Å². The number of H-pyrrole nitrogens is 1. The first-order chi connectivity index (χ1) is 15.3. The Labute approximate surface area is 191 Å². The first-order valence-electron chi connectivity index (χ1n) is 10.2. The summed E-state index contributed by atoms with van der Waals surface area (Å²) in [6.07, 6.45) is 3.49. The fourth-order valence-corrected chi connectivity index (χ4v) is 5.08. The predicted molar refractivity (Wildman–Crippen MR) is 128 cm³/mol. The molecule has 0 saturated carbocycles. The van der Waals surface area contributed by atoms with E-state index in [1.165, 1.54) is 4.57 Å². The van der Waals surface area contributed by atoms with Crippen molar-refractivity contribution in [1.29, 1.82) is 0 Å². The minimum absolute atomic E-state index is 0.200. The molecule has 5 rings (SSSR count). The number of nitrogens with one attached hydrogen (secondary N) is 1. The van der Waals surface area contributed by atoms with Crippen molar-refractivity contribution in [2.24, 2.45) is 13.0 Å². The van der Waals surface area contributed by atoms with Crippen molar-refractivity contribution in [3.63, 3.8) is 0 Å². The molecule has 0 aliphatic carbocycles. The van der Waals surface area contributed by atoms with Crippen LogP contribution in [0.3, 0.4) is 0 Å². The van der Waals surface area contributed by atoms with Crippen molar-refractivity contribution in [3.8, 4) is 11.5 Å². The maximum Gasteiger partial charge on any atom is 0.330 e. The molecule has 0 fully saturated rings. The fraction of sp³-hybridized carbons (Fsp3) is 0.273. The molecule has 164 valence electrons. The van der Waals surface area contributed by atoms with E-state index in [1.54, 1.807) is 22.2 Å². The monoisotopic (exact) mass is 468 g/mol. The Balaban J connectivity index is 1.80. The predicted octanol–water partition coefficient (Wildman–Crippen LogP) is 3.86. The summed E-state index contributed by atoms with van der Waals surface area (Å²) in [5, 5.41) is 8.90. The molecule has 32 heavy (non-hydrogen) atoms. The Morgan fingerprint density at radius 3 is 2.78 bits per heavy atom. The smallest absolute Gasteiger partial charge is 0.330 e. The van der Waals surface area contributed by atoms with Crippen LogP contribution in [0.25, 0.3) is 32.6 Å². The van der Waals surface area contributed by atoms with Crippen molar-refractivity contribution in [3.05, 3.63) is 67.4 Å². The lowest BCUT2D eigenvalue weighted by molar-refractivity contribution is 0.510. The minimum atomic E-state index is -0.465. The Morgan fingerprint density at radius 1 is 1.25 bits per heavy atom. The molecule has 0 aliphatic rings. The molecule has 0 atom stereocenters. The van der Waals surface area contributed by atoms with Crippen molar-refractivity contribution >= 4 is 44.1 Å². The van der Waals surface area contributed by atoms with Crippen molar-refractivity contribution in [1.82, 2.24) is 28.9 Å². The van der Waals surface area contributed by atoms with Gasteiger partial charge in [-0.3, -0.25) is 19.0 Å². The van der Waals surface area contributed by atoms with Gasteiger partial charge in [0.2, 0.25) is 0 Å². The van der Waals surface area contributed by atoms with Crippen molar-refractivity contribution < 1.29 is 0 Å². The minimum Gasteiger partial charge on any atom is -0.333 e. The summed E-state index contributed by atoms with van der Waals surface area (Å²) < 4.78 is 6.26.